The van der Waals surface area contributed by atoms with E-state index in [-0.39, 0.29) is 11.9 Å². The summed E-state index contributed by atoms with van der Waals surface area (Å²) in [6.45, 7) is 2.99. The van der Waals surface area contributed by atoms with Gasteiger partial charge in [0.1, 0.15) is 5.82 Å². The standard InChI is InChI=1S/C23H26ClFN6/c24-19-10-4-3-9-18(19)22(23-26-27-28-31(23)17-7-1-2-8-17)30-15-13-29(14-16-30)21-12-6-5-11-20(21)25/h3-6,9-12,17,22H,1-2,7-8,13-16H2. The van der Waals surface area contributed by atoms with Gasteiger partial charge in [0.2, 0.25) is 0 Å². The second-order valence-electron chi connectivity index (χ2n) is 8.32. The molecule has 0 N–H and O–H groups in total. The Bertz CT molecular complexity index is 1030. The molecule has 0 spiro atoms. The number of hydrogen-bond donors (Lipinski definition) is 0. The second-order valence-corrected chi connectivity index (χ2v) is 8.73. The molecular formula is C23H26ClFN6. The van der Waals surface area contributed by atoms with Gasteiger partial charge in [-0.2, -0.15) is 0 Å². The Hall–Kier alpha value is -2.51. The molecule has 5 rings (SSSR count). The van der Waals surface area contributed by atoms with Crippen LogP contribution in [-0.4, -0.2) is 51.3 Å². The summed E-state index contributed by atoms with van der Waals surface area (Å²) in [4.78, 5) is 4.48. The third kappa shape index (κ3) is 4.04. The lowest BCUT2D eigenvalue weighted by Crippen LogP contribution is -2.48. The summed E-state index contributed by atoms with van der Waals surface area (Å²) in [6, 6.07) is 15.1. The molecule has 1 aliphatic heterocycles. The molecule has 6 nitrogen and oxygen atoms in total. The van der Waals surface area contributed by atoms with Crippen LogP contribution in [0, 0.1) is 5.82 Å². The molecule has 162 valence electrons. The van der Waals surface area contributed by atoms with Gasteiger partial charge in [0.15, 0.2) is 5.82 Å². The SMILES string of the molecule is Fc1ccccc1N1CCN(C(c2ccccc2Cl)c2nnnn2C2CCCC2)CC1. The highest BCUT2D eigenvalue weighted by Crippen LogP contribution is 2.37. The highest BCUT2D eigenvalue weighted by Gasteiger charge is 2.34. The van der Waals surface area contributed by atoms with Crippen LogP contribution in [0.15, 0.2) is 48.5 Å². The normalized spacial score (nSPS) is 19.1. The van der Waals surface area contributed by atoms with Crippen LogP contribution in [0.4, 0.5) is 10.1 Å². The van der Waals surface area contributed by atoms with Crippen molar-refractivity contribution in [3.8, 4) is 0 Å². The predicted octanol–water partition coefficient (Wildman–Crippen LogP) is 4.49. The Morgan fingerprint density at radius 3 is 2.39 bits per heavy atom. The molecule has 2 aromatic carbocycles. The van der Waals surface area contributed by atoms with Gasteiger partial charge in [-0.15, -0.1) is 5.10 Å². The van der Waals surface area contributed by atoms with E-state index in [2.05, 4.69) is 31.4 Å². The van der Waals surface area contributed by atoms with Gasteiger partial charge >= 0.3 is 0 Å². The molecule has 1 aliphatic carbocycles. The van der Waals surface area contributed by atoms with Gasteiger partial charge in [-0.05, 0) is 47.0 Å². The molecule has 1 unspecified atom stereocenters. The van der Waals surface area contributed by atoms with Crippen LogP contribution in [-0.2, 0) is 0 Å². The third-order valence-corrected chi connectivity index (χ3v) is 6.85. The third-order valence-electron chi connectivity index (χ3n) is 6.51. The molecule has 0 radical (unpaired) electrons. The quantitative estimate of drug-likeness (QED) is 0.585. The first-order chi connectivity index (χ1) is 15.2. The lowest BCUT2D eigenvalue weighted by atomic mass is 10.0. The minimum absolute atomic E-state index is 0.132. The fourth-order valence-electron chi connectivity index (χ4n) is 4.91. The lowest BCUT2D eigenvalue weighted by Gasteiger charge is -2.40. The number of tetrazole rings is 1. The van der Waals surface area contributed by atoms with Gasteiger partial charge in [-0.25, -0.2) is 9.07 Å². The van der Waals surface area contributed by atoms with Crippen molar-refractivity contribution in [2.75, 3.05) is 31.1 Å². The van der Waals surface area contributed by atoms with Crippen LogP contribution < -0.4 is 4.90 Å². The van der Waals surface area contributed by atoms with E-state index in [4.69, 9.17) is 11.6 Å². The summed E-state index contributed by atoms with van der Waals surface area (Å²) in [5.41, 5.74) is 1.67. The molecule has 2 aliphatic rings. The monoisotopic (exact) mass is 440 g/mol. The first kappa shape index (κ1) is 20.4. The van der Waals surface area contributed by atoms with Gasteiger partial charge in [-0.3, -0.25) is 4.90 Å². The Labute approximate surface area is 186 Å². The van der Waals surface area contributed by atoms with Crippen molar-refractivity contribution in [3.05, 3.63) is 70.8 Å². The maximum atomic E-state index is 14.3. The number of aromatic nitrogens is 4. The van der Waals surface area contributed by atoms with Crippen molar-refractivity contribution in [2.24, 2.45) is 0 Å². The minimum atomic E-state index is -0.177. The zero-order chi connectivity index (χ0) is 21.2. The Morgan fingerprint density at radius 2 is 1.65 bits per heavy atom. The first-order valence-corrected chi connectivity index (χ1v) is 11.4. The van der Waals surface area contributed by atoms with E-state index < -0.39 is 0 Å². The van der Waals surface area contributed by atoms with Crippen molar-refractivity contribution >= 4 is 17.3 Å². The van der Waals surface area contributed by atoms with Crippen molar-refractivity contribution in [3.63, 3.8) is 0 Å². The molecule has 1 atom stereocenters. The van der Waals surface area contributed by atoms with E-state index >= 15 is 0 Å². The smallest absolute Gasteiger partial charge is 0.173 e. The molecule has 0 bridgehead atoms. The molecule has 3 aromatic rings. The van der Waals surface area contributed by atoms with Crippen molar-refractivity contribution in [2.45, 2.75) is 37.8 Å². The first-order valence-electron chi connectivity index (χ1n) is 11.0. The van der Waals surface area contributed by atoms with E-state index in [1.165, 1.54) is 18.9 Å². The minimum Gasteiger partial charge on any atom is -0.367 e. The Morgan fingerprint density at radius 1 is 0.935 bits per heavy atom. The highest BCUT2D eigenvalue weighted by atomic mass is 35.5. The second kappa shape index (κ2) is 8.93. The number of piperazine rings is 1. The lowest BCUT2D eigenvalue weighted by molar-refractivity contribution is 0.197. The number of anilines is 1. The van der Waals surface area contributed by atoms with E-state index in [1.54, 1.807) is 6.07 Å². The topological polar surface area (TPSA) is 50.1 Å². The number of benzene rings is 2. The van der Waals surface area contributed by atoms with Crippen LogP contribution in [0.1, 0.15) is 49.2 Å². The number of nitrogens with zero attached hydrogens (tertiary/aromatic N) is 6. The van der Waals surface area contributed by atoms with E-state index in [1.807, 2.05) is 35.0 Å². The van der Waals surface area contributed by atoms with Crippen molar-refractivity contribution < 1.29 is 4.39 Å². The summed E-state index contributed by atoms with van der Waals surface area (Å²) in [6.07, 6.45) is 4.63. The van der Waals surface area contributed by atoms with Gasteiger partial charge in [0.05, 0.1) is 17.8 Å². The van der Waals surface area contributed by atoms with Crippen molar-refractivity contribution in [1.82, 2.24) is 25.1 Å². The maximum Gasteiger partial charge on any atom is 0.173 e. The van der Waals surface area contributed by atoms with Gasteiger partial charge in [-0.1, -0.05) is 54.8 Å². The Kier molecular flexibility index (Phi) is 5.87. The summed E-state index contributed by atoms with van der Waals surface area (Å²) in [5.74, 6) is 0.670. The van der Waals surface area contributed by atoms with E-state index in [0.29, 0.717) is 16.8 Å². The molecule has 1 saturated carbocycles. The van der Waals surface area contributed by atoms with Crippen LogP contribution in [0.2, 0.25) is 5.02 Å². The van der Waals surface area contributed by atoms with E-state index in [9.17, 15) is 4.39 Å². The van der Waals surface area contributed by atoms with Crippen molar-refractivity contribution in [1.29, 1.82) is 0 Å². The fraction of sp³-hybridized carbons (Fsp3) is 0.435. The molecule has 31 heavy (non-hydrogen) atoms. The van der Waals surface area contributed by atoms with Crippen LogP contribution >= 0.6 is 11.6 Å². The number of hydrogen-bond acceptors (Lipinski definition) is 5. The van der Waals surface area contributed by atoms with Gasteiger partial charge < -0.3 is 4.90 Å². The van der Waals surface area contributed by atoms with Crippen LogP contribution in [0.25, 0.3) is 0 Å². The average molecular weight is 441 g/mol. The van der Waals surface area contributed by atoms with E-state index in [0.717, 1.165) is 50.4 Å². The zero-order valence-electron chi connectivity index (χ0n) is 17.4. The molecule has 1 saturated heterocycles. The summed E-state index contributed by atoms with van der Waals surface area (Å²) in [5, 5.41) is 13.6. The number of para-hydroxylation sites is 1. The average Bonchev–Trinajstić information content (AvgIpc) is 3.48. The highest BCUT2D eigenvalue weighted by molar-refractivity contribution is 6.31. The molecule has 2 heterocycles. The molecular weight excluding hydrogens is 415 g/mol. The predicted molar refractivity (Wildman–Crippen MR) is 119 cm³/mol. The molecule has 8 heteroatoms. The molecule has 2 fully saturated rings. The summed E-state index contributed by atoms with van der Waals surface area (Å²) in [7, 11) is 0. The molecule has 0 amide bonds. The van der Waals surface area contributed by atoms with Crippen LogP contribution in [0.3, 0.4) is 0 Å². The van der Waals surface area contributed by atoms with Gasteiger partial charge in [0, 0.05) is 31.2 Å². The molecule has 1 aromatic heterocycles. The summed E-state index contributed by atoms with van der Waals surface area (Å²) >= 11 is 6.65. The zero-order valence-corrected chi connectivity index (χ0v) is 18.1. The fourth-order valence-corrected chi connectivity index (χ4v) is 5.15. The van der Waals surface area contributed by atoms with Gasteiger partial charge in [0.25, 0.3) is 0 Å². The number of rotatable bonds is 5. The Balaban J connectivity index is 1.45. The number of halogens is 2. The van der Waals surface area contributed by atoms with Crippen LogP contribution in [0.5, 0.6) is 0 Å². The largest absolute Gasteiger partial charge is 0.367 e. The summed E-state index contributed by atoms with van der Waals surface area (Å²) < 4.78 is 16.3. The maximum absolute atomic E-state index is 14.3.